The molecule has 4 heteroatoms. The minimum absolute atomic E-state index is 0. The van der Waals surface area contributed by atoms with Crippen molar-refractivity contribution in [3.05, 3.63) is 0 Å². The third kappa shape index (κ3) is 7.61. The summed E-state index contributed by atoms with van der Waals surface area (Å²) < 4.78 is 0. The number of rotatable bonds is 6. The smallest absolute Gasteiger partial charge is 0.303 e. The van der Waals surface area contributed by atoms with Gasteiger partial charge in [-0.15, -0.1) is 12.4 Å². The molecule has 1 fully saturated rings. The molecule has 1 saturated heterocycles. The van der Waals surface area contributed by atoms with Crippen LogP contribution in [0.5, 0.6) is 0 Å². The van der Waals surface area contributed by atoms with Crippen LogP contribution in [0.3, 0.4) is 0 Å². The molecule has 17 heavy (non-hydrogen) atoms. The quantitative estimate of drug-likeness (QED) is 0.801. The number of likely N-dealkylation sites (tertiary alicyclic amines) is 1. The van der Waals surface area contributed by atoms with Gasteiger partial charge in [-0.2, -0.15) is 0 Å². The van der Waals surface area contributed by atoms with Crippen molar-refractivity contribution in [2.75, 3.05) is 19.6 Å². The third-order valence-electron chi connectivity index (χ3n) is 3.33. The summed E-state index contributed by atoms with van der Waals surface area (Å²) in [6, 6.07) is 0. The summed E-state index contributed by atoms with van der Waals surface area (Å²) in [7, 11) is 0. The van der Waals surface area contributed by atoms with Gasteiger partial charge in [0.2, 0.25) is 0 Å². The lowest BCUT2D eigenvalue weighted by Gasteiger charge is -2.32. The first kappa shape index (κ1) is 16.7. The van der Waals surface area contributed by atoms with Crippen molar-refractivity contribution in [1.29, 1.82) is 0 Å². The van der Waals surface area contributed by atoms with Crippen LogP contribution in [0.25, 0.3) is 0 Å². The highest BCUT2D eigenvalue weighted by Crippen LogP contribution is 2.22. The van der Waals surface area contributed by atoms with E-state index in [9.17, 15) is 4.79 Å². The molecule has 1 aliphatic rings. The summed E-state index contributed by atoms with van der Waals surface area (Å²) >= 11 is 0. The molecule has 3 nitrogen and oxygen atoms in total. The normalized spacial score (nSPS) is 18.1. The van der Waals surface area contributed by atoms with Gasteiger partial charge < -0.3 is 10.0 Å². The van der Waals surface area contributed by atoms with Crippen molar-refractivity contribution >= 4 is 18.4 Å². The van der Waals surface area contributed by atoms with E-state index in [1.54, 1.807) is 0 Å². The van der Waals surface area contributed by atoms with Crippen molar-refractivity contribution in [2.45, 2.75) is 46.0 Å². The molecule has 0 atom stereocenters. The van der Waals surface area contributed by atoms with Gasteiger partial charge in [-0.3, -0.25) is 4.79 Å². The van der Waals surface area contributed by atoms with E-state index < -0.39 is 5.97 Å². The lowest BCUT2D eigenvalue weighted by atomic mass is 9.91. The van der Waals surface area contributed by atoms with Crippen molar-refractivity contribution in [3.8, 4) is 0 Å². The second kappa shape index (κ2) is 8.76. The average molecular weight is 264 g/mol. The lowest BCUT2D eigenvalue weighted by molar-refractivity contribution is -0.137. The van der Waals surface area contributed by atoms with Crippen LogP contribution in [0.1, 0.15) is 46.0 Å². The Kier molecular flexibility index (Phi) is 8.61. The van der Waals surface area contributed by atoms with E-state index in [-0.39, 0.29) is 12.4 Å². The maximum atomic E-state index is 10.4. The molecule has 102 valence electrons. The van der Waals surface area contributed by atoms with Crippen LogP contribution in [-0.2, 0) is 4.79 Å². The number of piperidine rings is 1. The molecule has 0 unspecified atom stereocenters. The Morgan fingerprint density at radius 1 is 1.35 bits per heavy atom. The summed E-state index contributed by atoms with van der Waals surface area (Å²) in [6.45, 7) is 8.14. The number of halogens is 1. The van der Waals surface area contributed by atoms with Gasteiger partial charge >= 0.3 is 5.97 Å². The van der Waals surface area contributed by atoms with Gasteiger partial charge in [-0.05, 0) is 50.6 Å². The standard InChI is InChI=1S/C13H25NO2.ClH/c1-11(2)10-14-8-6-12(7-9-14)4-3-5-13(15)16;/h11-12H,3-10H2,1-2H3,(H,15,16);1H. The molecular formula is C13H26ClNO2. The van der Waals surface area contributed by atoms with Crippen molar-refractivity contribution in [2.24, 2.45) is 11.8 Å². The summed E-state index contributed by atoms with van der Waals surface area (Å²) in [5, 5.41) is 8.58. The Bertz CT molecular complexity index is 213. The van der Waals surface area contributed by atoms with Crippen molar-refractivity contribution in [1.82, 2.24) is 4.90 Å². The highest BCUT2D eigenvalue weighted by molar-refractivity contribution is 5.85. The first-order chi connectivity index (χ1) is 7.58. The Morgan fingerprint density at radius 2 is 1.94 bits per heavy atom. The van der Waals surface area contributed by atoms with Crippen molar-refractivity contribution in [3.63, 3.8) is 0 Å². The summed E-state index contributed by atoms with van der Waals surface area (Å²) in [5.41, 5.74) is 0. The number of carbonyl (C=O) groups is 1. The van der Waals surface area contributed by atoms with Crippen LogP contribution in [0.4, 0.5) is 0 Å². The van der Waals surface area contributed by atoms with Crippen LogP contribution < -0.4 is 0 Å². The monoisotopic (exact) mass is 263 g/mol. The zero-order valence-corrected chi connectivity index (χ0v) is 11.8. The van der Waals surface area contributed by atoms with E-state index in [0.717, 1.165) is 24.7 Å². The predicted molar refractivity (Wildman–Crippen MR) is 72.7 cm³/mol. The van der Waals surface area contributed by atoms with Crippen LogP contribution in [0.2, 0.25) is 0 Å². The fourth-order valence-corrected chi connectivity index (χ4v) is 2.52. The van der Waals surface area contributed by atoms with Crippen LogP contribution >= 0.6 is 12.4 Å². The molecule has 0 radical (unpaired) electrons. The molecule has 1 N–H and O–H groups in total. The molecule has 0 amide bonds. The highest BCUT2D eigenvalue weighted by atomic mass is 35.5. The molecule has 0 spiro atoms. The van der Waals surface area contributed by atoms with Crippen LogP contribution in [0.15, 0.2) is 0 Å². The number of aliphatic carboxylic acids is 1. The predicted octanol–water partition coefficient (Wildman–Crippen LogP) is 3.03. The SMILES string of the molecule is CC(C)CN1CCC(CCCC(=O)O)CC1.Cl. The fourth-order valence-electron chi connectivity index (χ4n) is 2.52. The summed E-state index contributed by atoms with van der Waals surface area (Å²) in [6.07, 6.45) is 4.80. The maximum Gasteiger partial charge on any atom is 0.303 e. The number of nitrogens with zero attached hydrogens (tertiary/aromatic N) is 1. The van der Waals surface area contributed by atoms with E-state index >= 15 is 0 Å². The molecule has 1 rings (SSSR count). The van der Waals surface area contributed by atoms with Gasteiger partial charge in [0.25, 0.3) is 0 Å². The molecule has 0 aromatic rings. The van der Waals surface area contributed by atoms with Gasteiger partial charge in [0.05, 0.1) is 0 Å². The molecule has 0 bridgehead atoms. The Hall–Kier alpha value is -0.280. The van der Waals surface area contributed by atoms with Crippen LogP contribution in [-0.4, -0.2) is 35.6 Å². The molecule has 0 aromatic heterocycles. The van der Waals surface area contributed by atoms with E-state index in [4.69, 9.17) is 5.11 Å². The summed E-state index contributed by atoms with van der Waals surface area (Å²) in [5.74, 6) is 0.864. The number of carboxylic acids is 1. The first-order valence-corrected chi connectivity index (χ1v) is 6.52. The van der Waals surface area contributed by atoms with Gasteiger partial charge in [-0.1, -0.05) is 13.8 Å². The summed E-state index contributed by atoms with van der Waals surface area (Å²) in [4.78, 5) is 12.9. The average Bonchev–Trinajstić information content (AvgIpc) is 2.19. The topological polar surface area (TPSA) is 40.5 Å². The first-order valence-electron chi connectivity index (χ1n) is 6.52. The zero-order chi connectivity index (χ0) is 12.0. The van der Waals surface area contributed by atoms with Gasteiger partial charge in [0.1, 0.15) is 0 Å². The molecule has 1 heterocycles. The largest absolute Gasteiger partial charge is 0.481 e. The Labute approximate surface area is 111 Å². The minimum Gasteiger partial charge on any atom is -0.481 e. The lowest BCUT2D eigenvalue weighted by Crippen LogP contribution is -2.36. The molecule has 0 aromatic carbocycles. The molecule has 1 aliphatic heterocycles. The van der Waals surface area contributed by atoms with Gasteiger partial charge in [-0.25, -0.2) is 0 Å². The number of hydrogen-bond acceptors (Lipinski definition) is 2. The van der Waals surface area contributed by atoms with Gasteiger partial charge in [0.15, 0.2) is 0 Å². The van der Waals surface area contributed by atoms with Gasteiger partial charge in [0, 0.05) is 13.0 Å². The second-order valence-corrected chi connectivity index (χ2v) is 5.42. The van der Waals surface area contributed by atoms with E-state index in [2.05, 4.69) is 18.7 Å². The molecule has 0 aliphatic carbocycles. The maximum absolute atomic E-state index is 10.4. The number of carboxylic acid groups (broad SMARTS) is 1. The second-order valence-electron chi connectivity index (χ2n) is 5.42. The van der Waals surface area contributed by atoms with E-state index in [1.165, 1.54) is 32.5 Å². The molecular weight excluding hydrogens is 238 g/mol. The molecule has 0 saturated carbocycles. The third-order valence-corrected chi connectivity index (χ3v) is 3.33. The number of hydrogen-bond donors (Lipinski definition) is 1. The van der Waals surface area contributed by atoms with Crippen LogP contribution in [0, 0.1) is 11.8 Å². The Balaban J connectivity index is 0.00000256. The minimum atomic E-state index is -0.655. The fraction of sp³-hybridized carbons (Fsp3) is 0.923. The zero-order valence-electron chi connectivity index (χ0n) is 11.0. The highest BCUT2D eigenvalue weighted by Gasteiger charge is 2.19. The van der Waals surface area contributed by atoms with E-state index in [1.807, 2.05) is 0 Å². The Morgan fingerprint density at radius 3 is 2.41 bits per heavy atom. The van der Waals surface area contributed by atoms with Crippen molar-refractivity contribution < 1.29 is 9.90 Å². The van der Waals surface area contributed by atoms with E-state index in [0.29, 0.717) is 6.42 Å².